The number of carbonyl (C=O) groups excluding carboxylic acids is 1. The summed E-state index contributed by atoms with van der Waals surface area (Å²) in [7, 11) is 0. The first-order valence-electron chi connectivity index (χ1n) is 7.69. The Kier molecular flexibility index (Phi) is 3.96. The molecule has 0 aliphatic carbocycles. The number of hydrogen-bond acceptors (Lipinski definition) is 6. The van der Waals surface area contributed by atoms with E-state index in [1.165, 1.54) is 0 Å². The maximum atomic E-state index is 13.0. The van der Waals surface area contributed by atoms with E-state index in [1.807, 2.05) is 0 Å². The number of nitro groups is 2. The van der Waals surface area contributed by atoms with E-state index in [9.17, 15) is 30.1 Å². The number of anilines is 1. The lowest BCUT2D eigenvalue weighted by Crippen LogP contribution is -2.44. The summed E-state index contributed by atoms with van der Waals surface area (Å²) >= 11 is 0. The average molecular weight is 357 g/mol. The largest absolute Gasteiger partial charge is 0.372 e. The van der Waals surface area contributed by atoms with E-state index in [0.29, 0.717) is 5.69 Å². The monoisotopic (exact) mass is 357 g/mol. The molecule has 26 heavy (non-hydrogen) atoms. The smallest absolute Gasteiger partial charge is 0.277 e. The molecule has 0 bridgehead atoms. The molecular weight excluding hydrogens is 342 g/mol. The first kappa shape index (κ1) is 17.5. The van der Waals surface area contributed by atoms with Crippen LogP contribution in [0.4, 0.5) is 17.1 Å². The zero-order valence-corrected chi connectivity index (χ0v) is 13.9. The summed E-state index contributed by atoms with van der Waals surface area (Å²) in [5.74, 6) is -0.748. The molecule has 0 radical (unpaired) electrons. The molecule has 0 fully saturated rings. The predicted octanol–water partition coefficient (Wildman–Crippen LogP) is 2.76. The molecule has 9 heteroatoms. The molecule has 134 valence electrons. The van der Waals surface area contributed by atoms with E-state index >= 15 is 0 Å². The fourth-order valence-corrected chi connectivity index (χ4v) is 3.11. The number of amides is 1. The third kappa shape index (κ3) is 2.58. The second-order valence-electron chi connectivity index (χ2n) is 6.54. The molecular formula is C17H15N3O6. The van der Waals surface area contributed by atoms with E-state index in [-0.39, 0.29) is 5.56 Å². The van der Waals surface area contributed by atoms with Crippen molar-refractivity contribution in [2.24, 2.45) is 0 Å². The molecule has 0 aromatic heterocycles. The molecule has 1 amide bonds. The van der Waals surface area contributed by atoms with Crippen LogP contribution in [0, 0.1) is 20.2 Å². The minimum atomic E-state index is -1.22. The molecule has 3 rings (SSSR count). The quantitative estimate of drug-likeness (QED) is 0.664. The van der Waals surface area contributed by atoms with Crippen LogP contribution in [0.15, 0.2) is 42.5 Å². The van der Waals surface area contributed by atoms with Crippen molar-refractivity contribution in [2.75, 3.05) is 4.90 Å². The Morgan fingerprint density at radius 1 is 1.08 bits per heavy atom. The van der Waals surface area contributed by atoms with Gasteiger partial charge in [0.1, 0.15) is 6.23 Å². The molecule has 0 spiro atoms. The number of non-ortho nitro benzene ring substituents is 2. The molecule has 0 saturated heterocycles. The number of carbonyl (C=O) groups is 1. The Hall–Kier alpha value is -3.33. The maximum Gasteiger partial charge on any atom is 0.277 e. The number of para-hydroxylation sites is 1. The highest BCUT2D eigenvalue weighted by Gasteiger charge is 2.46. The fraction of sp³-hybridized carbons (Fsp3) is 0.235. The van der Waals surface area contributed by atoms with Gasteiger partial charge in [0, 0.05) is 17.5 Å². The van der Waals surface area contributed by atoms with Crippen molar-refractivity contribution in [1.82, 2.24) is 0 Å². The SMILES string of the molecule is CC1(C)c2ccccc2N(C(=O)c2cc([N+](=O)[O-])cc([N+](=O)[O-])c2)[C@@H]1O. The van der Waals surface area contributed by atoms with Gasteiger partial charge in [-0.2, -0.15) is 0 Å². The Balaban J connectivity index is 2.13. The number of nitro benzene ring substituents is 2. The lowest BCUT2D eigenvalue weighted by atomic mass is 9.85. The van der Waals surface area contributed by atoms with Gasteiger partial charge in [-0.3, -0.25) is 29.9 Å². The number of benzene rings is 2. The first-order valence-corrected chi connectivity index (χ1v) is 7.69. The number of nitrogens with zero attached hydrogens (tertiary/aromatic N) is 3. The first-order chi connectivity index (χ1) is 12.1. The minimum absolute atomic E-state index is 0.238. The van der Waals surface area contributed by atoms with Crippen LogP contribution >= 0.6 is 0 Å². The molecule has 1 atom stereocenters. The summed E-state index contributed by atoms with van der Waals surface area (Å²) < 4.78 is 0. The molecule has 0 saturated carbocycles. The Labute approximate surface area is 147 Å². The van der Waals surface area contributed by atoms with Crippen molar-refractivity contribution in [3.8, 4) is 0 Å². The van der Waals surface area contributed by atoms with Crippen molar-refractivity contribution >= 4 is 23.0 Å². The van der Waals surface area contributed by atoms with Gasteiger partial charge in [-0.25, -0.2) is 0 Å². The second-order valence-corrected chi connectivity index (χ2v) is 6.54. The Morgan fingerprint density at radius 3 is 2.15 bits per heavy atom. The Morgan fingerprint density at radius 2 is 1.62 bits per heavy atom. The lowest BCUT2D eigenvalue weighted by Gasteiger charge is -2.28. The molecule has 0 unspecified atom stereocenters. The third-order valence-electron chi connectivity index (χ3n) is 4.54. The highest BCUT2D eigenvalue weighted by Crippen LogP contribution is 2.44. The highest BCUT2D eigenvalue weighted by molar-refractivity contribution is 6.08. The van der Waals surface area contributed by atoms with Crippen LogP contribution in [0.25, 0.3) is 0 Å². The van der Waals surface area contributed by atoms with Crippen LogP contribution in [0.1, 0.15) is 29.8 Å². The zero-order valence-electron chi connectivity index (χ0n) is 13.9. The zero-order chi connectivity index (χ0) is 19.2. The van der Waals surface area contributed by atoms with E-state index in [4.69, 9.17) is 0 Å². The average Bonchev–Trinajstić information content (AvgIpc) is 2.81. The molecule has 1 aliphatic heterocycles. The van der Waals surface area contributed by atoms with Crippen LogP contribution < -0.4 is 4.90 Å². The summed E-state index contributed by atoms with van der Waals surface area (Å²) in [5, 5.41) is 32.8. The van der Waals surface area contributed by atoms with Crippen LogP contribution in [0.2, 0.25) is 0 Å². The van der Waals surface area contributed by atoms with Gasteiger partial charge in [-0.1, -0.05) is 32.0 Å². The van der Waals surface area contributed by atoms with Crippen molar-refractivity contribution in [2.45, 2.75) is 25.5 Å². The van der Waals surface area contributed by atoms with Gasteiger partial charge in [0.15, 0.2) is 0 Å². The standard InChI is InChI=1S/C17H15N3O6/c1-17(2)13-5-3-4-6-14(13)18(16(17)22)15(21)10-7-11(19(23)24)9-12(8-10)20(25)26/h3-9,16,22H,1-2H3/t16-/m1/s1. The van der Waals surface area contributed by atoms with Gasteiger partial charge in [-0.05, 0) is 11.6 Å². The minimum Gasteiger partial charge on any atom is -0.372 e. The predicted molar refractivity (Wildman–Crippen MR) is 92.0 cm³/mol. The van der Waals surface area contributed by atoms with Gasteiger partial charge in [0.25, 0.3) is 17.3 Å². The molecule has 1 N–H and O–H groups in total. The summed E-state index contributed by atoms with van der Waals surface area (Å²) in [6.45, 7) is 3.53. The van der Waals surface area contributed by atoms with E-state index in [2.05, 4.69) is 0 Å². The van der Waals surface area contributed by atoms with Gasteiger partial charge < -0.3 is 5.11 Å². The van der Waals surface area contributed by atoms with Gasteiger partial charge >= 0.3 is 0 Å². The molecule has 1 heterocycles. The number of rotatable bonds is 3. The molecule has 9 nitrogen and oxygen atoms in total. The van der Waals surface area contributed by atoms with Gasteiger partial charge in [-0.15, -0.1) is 0 Å². The normalized spacial score (nSPS) is 17.7. The number of hydrogen-bond donors (Lipinski definition) is 1. The number of fused-ring (bicyclic) bond motifs is 1. The second kappa shape index (κ2) is 5.88. The van der Waals surface area contributed by atoms with Crippen LogP contribution in [0.3, 0.4) is 0 Å². The Bertz CT molecular complexity index is 908. The molecule has 1 aliphatic rings. The highest BCUT2D eigenvalue weighted by atomic mass is 16.6. The molecule has 2 aromatic carbocycles. The van der Waals surface area contributed by atoms with Gasteiger partial charge in [0.2, 0.25) is 0 Å². The van der Waals surface area contributed by atoms with E-state index < -0.39 is 38.8 Å². The van der Waals surface area contributed by atoms with Crippen molar-refractivity contribution < 1.29 is 19.7 Å². The van der Waals surface area contributed by atoms with Crippen molar-refractivity contribution in [1.29, 1.82) is 0 Å². The summed E-state index contributed by atoms with van der Waals surface area (Å²) in [5.41, 5.74) is -0.936. The van der Waals surface area contributed by atoms with Crippen molar-refractivity contribution in [3.05, 3.63) is 73.8 Å². The fourth-order valence-electron chi connectivity index (χ4n) is 3.11. The van der Waals surface area contributed by atoms with Crippen LogP contribution in [-0.4, -0.2) is 27.1 Å². The maximum absolute atomic E-state index is 13.0. The summed E-state index contributed by atoms with van der Waals surface area (Å²) in [6, 6.07) is 9.63. The van der Waals surface area contributed by atoms with E-state index in [1.54, 1.807) is 38.1 Å². The van der Waals surface area contributed by atoms with Crippen LogP contribution in [-0.2, 0) is 5.41 Å². The van der Waals surface area contributed by atoms with Gasteiger partial charge in [0.05, 0.1) is 27.2 Å². The van der Waals surface area contributed by atoms with E-state index in [0.717, 1.165) is 28.7 Å². The number of aliphatic hydroxyl groups excluding tert-OH is 1. The third-order valence-corrected chi connectivity index (χ3v) is 4.54. The molecule has 2 aromatic rings. The lowest BCUT2D eigenvalue weighted by molar-refractivity contribution is -0.394. The summed E-state index contributed by atoms with van der Waals surface area (Å²) in [4.78, 5) is 34.6. The summed E-state index contributed by atoms with van der Waals surface area (Å²) in [6.07, 6.45) is -1.22. The number of aliphatic hydroxyl groups is 1. The van der Waals surface area contributed by atoms with Crippen LogP contribution in [0.5, 0.6) is 0 Å². The van der Waals surface area contributed by atoms with Crippen molar-refractivity contribution in [3.63, 3.8) is 0 Å². The topological polar surface area (TPSA) is 127 Å².